The number of carbonyl (C=O) groups excluding carboxylic acids is 1. The van der Waals surface area contributed by atoms with Crippen molar-refractivity contribution in [1.82, 2.24) is 5.32 Å². The molecular formula is C15H20BrN3O. The quantitative estimate of drug-likeness (QED) is 0.872. The summed E-state index contributed by atoms with van der Waals surface area (Å²) in [7, 11) is 2.02. The smallest absolute Gasteiger partial charge is 0.246 e. The van der Waals surface area contributed by atoms with Gasteiger partial charge in [-0.25, -0.2) is 0 Å². The molecule has 0 unspecified atom stereocenters. The Bertz CT molecular complexity index is 512. The Hall–Kier alpha value is -1.07. The lowest BCUT2D eigenvalue weighted by atomic mass is 9.89. The standard InChI is InChI=1S/C15H20BrN3O/c1-17-11-3-5-12(6-4-11)19-14-8-10(16)2-7-13(14)18-9-15(19)20/h2,7-8,11-12,17-18H,3-6,9H2,1H3. The van der Waals surface area contributed by atoms with Crippen LogP contribution in [0, 0.1) is 0 Å². The Labute approximate surface area is 128 Å². The van der Waals surface area contributed by atoms with Gasteiger partial charge in [-0.2, -0.15) is 0 Å². The second-order valence-corrected chi connectivity index (χ2v) is 6.49. The fourth-order valence-corrected chi connectivity index (χ4v) is 3.62. The molecule has 1 heterocycles. The van der Waals surface area contributed by atoms with E-state index in [9.17, 15) is 4.79 Å². The third-order valence-electron chi connectivity index (χ3n) is 4.39. The maximum Gasteiger partial charge on any atom is 0.246 e. The van der Waals surface area contributed by atoms with Gasteiger partial charge in [0.05, 0.1) is 17.9 Å². The molecule has 2 aliphatic rings. The highest BCUT2D eigenvalue weighted by Crippen LogP contribution is 2.36. The van der Waals surface area contributed by atoms with E-state index in [1.807, 2.05) is 30.1 Å². The van der Waals surface area contributed by atoms with Crippen LogP contribution in [0.1, 0.15) is 25.7 Å². The van der Waals surface area contributed by atoms with Gasteiger partial charge >= 0.3 is 0 Å². The monoisotopic (exact) mass is 337 g/mol. The number of hydrogen-bond acceptors (Lipinski definition) is 3. The first-order chi connectivity index (χ1) is 9.69. The summed E-state index contributed by atoms with van der Waals surface area (Å²) >= 11 is 3.51. The van der Waals surface area contributed by atoms with E-state index in [-0.39, 0.29) is 5.91 Å². The van der Waals surface area contributed by atoms with Crippen LogP contribution in [0.2, 0.25) is 0 Å². The Morgan fingerprint density at radius 1 is 1.30 bits per heavy atom. The van der Waals surface area contributed by atoms with Crippen molar-refractivity contribution in [2.45, 2.75) is 37.8 Å². The van der Waals surface area contributed by atoms with Gasteiger partial charge in [0, 0.05) is 16.6 Å². The van der Waals surface area contributed by atoms with Crippen molar-refractivity contribution in [3.8, 4) is 0 Å². The average molecular weight is 338 g/mol. The Balaban J connectivity index is 1.86. The molecule has 0 radical (unpaired) electrons. The number of rotatable bonds is 2. The molecule has 1 aliphatic heterocycles. The molecule has 0 aromatic heterocycles. The predicted octanol–water partition coefficient (Wildman–Crippen LogP) is 2.74. The first kappa shape index (κ1) is 13.9. The molecule has 1 aromatic rings. The van der Waals surface area contributed by atoms with Gasteiger partial charge in [-0.05, 0) is 50.9 Å². The number of amides is 1. The molecule has 1 saturated carbocycles. The number of hydrogen-bond donors (Lipinski definition) is 2. The van der Waals surface area contributed by atoms with Gasteiger partial charge in [0.1, 0.15) is 0 Å². The maximum absolute atomic E-state index is 12.4. The summed E-state index contributed by atoms with van der Waals surface area (Å²) in [5.74, 6) is 0.184. The van der Waals surface area contributed by atoms with Crippen molar-refractivity contribution in [1.29, 1.82) is 0 Å². The summed E-state index contributed by atoms with van der Waals surface area (Å²) in [6.45, 7) is 0.403. The highest BCUT2D eigenvalue weighted by molar-refractivity contribution is 9.10. The normalized spacial score (nSPS) is 26.1. The molecule has 0 saturated heterocycles. The number of carbonyl (C=O) groups is 1. The van der Waals surface area contributed by atoms with Gasteiger partial charge in [-0.15, -0.1) is 0 Å². The van der Waals surface area contributed by atoms with Crippen LogP contribution in [0.4, 0.5) is 11.4 Å². The number of anilines is 2. The van der Waals surface area contributed by atoms with Crippen LogP contribution in [0.15, 0.2) is 22.7 Å². The van der Waals surface area contributed by atoms with E-state index in [1.54, 1.807) is 0 Å². The van der Waals surface area contributed by atoms with Crippen molar-refractivity contribution < 1.29 is 4.79 Å². The van der Waals surface area contributed by atoms with Crippen LogP contribution < -0.4 is 15.5 Å². The van der Waals surface area contributed by atoms with Crippen LogP contribution in [0.3, 0.4) is 0 Å². The van der Waals surface area contributed by atoms with Gasteiger partial charge in [-0.3, -0.25) is 4.79 Å². The van der Waals surface area contributed by atoms with E-state index in [4.69, 9.17) is 0 Å². The molecule has 4 nitrogen and oxygen atoms in total. The second kappa shape index (κ2) is 5.74. The van der Waals surface area contributed by atoms with Crippen molar-refractivity contribution >= 4 is 33.2 Å². The maximum atomic E-state index is 12.4. The minimum absolute atomic E-state index is 0.184. The third kappa shape index (κ3) is 2.56. The topological polar surface area (TPSA) is 44.4 Å². The highest BCUT2D eigenvalue weighted by atomic mass is 79.9. The van der Waals surface area contributed by atoms with E-state index >= 15 is 0 Å². The average Bonchev–Trinajstić information content (AvgIpc) is 2.47. The molecule has 108 valence electrons. The fraction of sp³-hybridized carbons (Fsp3) is 0.533. The summed E-state index contributed by atoms with van der Waals surface area (Å²) in [4.78, 5) is 14.4. The minimum atomic E-state index is 0.184. The van der Waals surface area contributed by atoms with E-state index < -0.39 is 0 Å². The van der Waals surface area contributed by atoms with E-state index in [0.717, 1.165) is 41.5 Å². The van der Waals surface area contributed by atoms with Crippen LogP contribution in [-0.2, 0) is 4.79 Å². The van der Waals surface area contributed by atoms with Gasteiger partial charge in [-0.1, -0.05) is 15.9 Å². The van der Waals surface area contributed by atoms with Crippen molar-refractivity contribution in [3.05, 3.63) is 22.7 Å². The predicted molar refractivity (Wildman–Crippen MR) is 85.2 cm³/mol. The van der Waals surface area contributed by atoms with Crippen LogP contribution >= 0.6 is 15.9 Å². The number of nitrogens with zero attached hydrogens (tertiary/aromatic N) is 1. The lowest BCUT2D eigenvalue weighted by Gasteiger charge is -2.40. The SMILES string of the molecule is CNC1CCC(N2C(=O)CNc3ccc(Br)cc32)CC1. The zero-order valence-corrected chi connectivity index (χ0v) is 13.2. The molecule has 5 heteroatoms. The fourth-order valence-electron chi connectivity index (χ4n) is 3.27. The first-order valence-corrected chi connectivity index (χ1v) is 8.01. The Kier molecular flexibility index (Phi) is 3.98. The molecule has 1 aromatic carbocycles. The van der Waals surface area contributed by atoms with Crippen LogP contribution in [-0.4, -0.2) is 31.6 Å². The Morgan fingerprint density at radius 2 is 2.05 bits per heavy atom. The molecule has 2 N–H and O–H groups in total. The molecule has 1 amide bonds. The first-order valence-electron chi connectivity index (χ1n) is 7.22. The highest BCUT2D eigenvalue weighted by Gasteiger charge is 2.33. The second-order valence-electron chi connectivity index (χ2n) is 5.57. The Morgan fingerprint density at radius 3 is 2.75 bits per heavy atom. The van der Waals surface area contributed by atoms with Gasteiger partial charge in [0.25, 0.3) is 0 Å². The van der Waals surface area contributed by atoms with Crippen molar-refractivity contribution in [2.75, 3.05) is 23.8 Å². The van der Waals surface area contributed by atoms with Crippen molar-refractivity contribution in [2.24, 2.45) is 0 Å². The summed E-state index contributed by atoms with van der Waals surface area (Å²) in [5, 5.41) is 6.55. The molecule has 0 bridgehead atoms. The molecule has 3 rings (SSSR count). The molecular weight excluding hydrogens is 318 g/mol. The van der Waals surface area contributed by atoms with Crippen LogP contribution in [0.25, 0.3) is 0 Å². The zero-order valence-electron chi connectivity index (χ0n) is 11.7. The van der Waals surface area contributed by atoms with E-state index in [0.29, 0.717) is 18.6 Å². The zero-order chi connectivity index (χ0) is 14.1. The number of halogens is 1. The summed E-state index contributed by atoms with van der Waals surface area (Å²) in [6.07, 6.45) is 4.43. The largest absolute Gasteiger partial charge is 0.374 e. The van der Waals surface area contributed by atoms with E-state index in [2.05, 4.69) is 26.6 Å². The summed E-state index contributed by atoms with van der Waals surface area (Å²) in [6, 6.07) is 7.04. The van der Waals surface area contributed by atoms with Crippen LogP contribution in [0.5, 0.6) is 0 Å². The number of nitrogens with one attached hydrogen (secondary N) is 2. The third-order valence-corrected chi connectivity index (χ3v) is 4.88. The molecule has 1 fully saturated rings. The molecule has 0 spiro atoms. The van der Waals surface area contributed by atoms with Crippen molar-refractivity contribution in [3.63, 3.8) is 0 Å². The van der Waals surface area contributed by atoms with Gasteiger partial charge in [0.15, 0.2) is 0 Å². The molecule has 20 heavy (non-hydrogen) atoms. The lowest BCUT2D eigenvalue weighted by molar-refractivity contribution is -0.117. The number of benzene rings is 1. The van der Waals surface area contributed by atoms with Gasteiger partial charge in [0.2, 0.25) is 5.91 Å². The summed E-state index contributed by atoms with van der Waals surface area (Å²) < 4.78 is 1.02. The lowest BCUT2D eigenvalue weighted by Crippen LogP contribution is -2.49. The molecule has 0 atom stereocenters. The molecule has 1 aliphatic carbocycles. The summed E-state index contributed by atoms with van der Waals surface area (Å²) in [5.41, 5.74) is 2.08. The van der Waals surface area contributed by atoms with Gasteiger partial charge < -0.3 is 15.5 Å². The number of fused-ring (bicyclic) bond motifs is 1. The van der Waals surface area contributed by atoms with E-state index in [1.165, 1.54) is 0 Å². The minimum Gasteiger partial charge on any atom is -0.374 e.